The van der Waals surface area contributed by atoms with Gasteiger partial charge in [0.1, 0.15) is 18.8 Å². The number of hydrogen-bond donors (Lipinski definition) is 1. The molecule has 0 aliphatic carbocycles. The van der Waals surface area contributed by atoms with Crippen LogP contribution in [0.25, 0.3) is 0 Å². The molecule has 4 rings (SSSR count). The Morgan fingerprint density at radius 2 is 1.20 bits per heavy atom. The molecule has 0 bridgehead atoms. The number of nitrogens with zero attached hydrogens (tertiary/aromatic N) is 1. The number of esters is 2. The molecular weight excluding hydrogens is 585 g/mol. The van der Waals surface area contributed by atoms with Crippen LogP contribution in [-0.4, -0.2) is 48.4 Å². The van der Waals surface area contributed by atoms with Crippen LogP contribution in [-0.2, 0) is 18.7 Å². The molecule has 0 aromatic heterocycles. The minimum atomic E-state index is -4.43. The van der Waals surface area contributed by atoms with Crippen LogP contribution in [0.2, 0.25) is 0 Å². The zero-order chi connectivity index (χ0) is 31.4. The molecule has 0 aliphatic rings. The highest BCUT2D eigenvalue weighted by atomic mass is 31.2. The first-order valence-corrected chi connectivity index (χ1v) is 15.0. The van der Waals surface area contributed by atoms with E-state index in [2.05, 4.69) is 0 Å². The zero-order valence-corrected chi connectivity index (χ0v) is 24.9. The maximum absolute atomic E-state index is 13.3. The van der Waals surface area contributed by atoms with E-state index in [1.165, 1.54) is 26.2 Å². The third-order valence-corrected chi connectivity index (χ3v) is 7.76. The Bertz CT molecular complexity index is 1490. The fourth-order valence-electron chi connectivity index (χ4n) is 4.06. The van der Waals surface area contributed by atoms with Gasteiger partial charge in [0.2, 0.25) is 5.60 Å². The van der Waals surface area contributed by atoms with Crippen molar-refractivity contribution < 1.29 is 42.3 Å². The second kappa shape index (κ2) is 15.1. The number of carbonyl (C=O) groups excluding carboxylic acids is 2. The average Bonchev–Trinajstić information content (AvgIpc) is 3.05. The Morgan fingerprint density at radius 1 is 0.773 bits per heavy atom. The van der Waals surface area contributed by atoms with Crippen molar-refractivity contribution in [1.29, 1.82) is 5.26 Å². The first-order valence-electron chi connectivity index (χ1n) is 13.5. The highest BCUT2D eigenvalue weighted by Crippen LogP contribution is 2.60. The van der Waals surface area contributed by atoms with Crippen molar-refractivity contribution in [2.45, 2.75) is 24.7 Å². The van der Waals surface area contributed by atoms with Gasteiger partial charge < -0.3 is 14.2 Å². The zero-order valence-electron chi connectivity index (χ0n) is 24.0. The lowest BCUT2D eigenvalue weighted by molar-refractivity contribution is -0.120. The van der Waals surface area contributed by atoms with Crippen LogP contribution in [0.1, 0.15) is 27.6 Å². The number of benzene rings is 4. The van der Waals surface area contributed by atoms with Gasteiger partial charge in [0.05, 0.1) is 11.1 Å². The van der Waals surface area contributed by atoms with Crippen LogP contribution in [0.4, 0.5) is 0 Å². The molecule has 0 heterocycles. The number of nitriles is 1. The third-order valence-electron chi connectivity index (χ3n) is 6.27. The summed E-state index contributed by atoms with van der Waals surface area (Å²) in [6.45, 7) is 0.849. The predicted octanol–water partition coefficient (Wildman–Crippen LogP) is 6.21. The summed E-state index contributed by atoms with van der Waals surface area (Å²) >= 11 is 0. The van der Waals surface area contributed by atoms with Crippen LogP contribution in [0, 0.1) is 11.3 Å². The van der Waals surface area contributed by atoms with Gasteiger partial charge in [0.25, 0.3) is 0 Å². The Labute approximate surface area is 256 Å². The molecule has 10 nitrogen and oxygen atoms in total. The predicted molar refractivity (Wildman–Crippen MR) is 162 cm³/mol. The summed E-state index contributed by atoms with van der Waals surface area (Å²) in [6, 6.07) is 34.8. The lowest BCUT2D eigenvalue weighted by atomic mass is 9.96. The van der Waals surface area contributed by atoms with Gasteiger partial charge in [-0.2, -0.15) is 10.2 Å². The van der Waals surface area contributed by atoms with Gasteiger partial charge in [0, 0.05) is 7.11 Å². The fraction of sp³-hybridized carbons (Fsp3) is 0.182. The number of ether oxygens (including phenoxy) is 3. The van der Waals surface area contributed by atoms with Crippen LogP contribution in [0.5, 0.6) is 11.5 Å². The Balaban J connectivity index is 1.69. The standard InChI is InChI=1S/C33H31NO9P/c1-33(24-34,43-44(37,41-27-19-11-5-12-20-27)42-28-21-13-6-14-22-28)30(40-32(36)26-17-9-4-10-18-26)29(38-2)23-39-31(35)25-15-7-3-8-16-25/h3-22,29-30,37H,23H2,1-2H3/q+1/t29-,30-,33-/m1/s1. The van der Waals surface area contributed by atoms with Crippen molar-refractivity contribution in [3.63, 3.8) is 0 Å². The van der Waals surface area contributed by atoms with E-state index in [-0.39, 0.29) is 22.6 Å². The summed E-state index contributed by atoms with van der Waals surface area (Å²) in [7, 11) is -3.14. The van der Waals surface area contributed by atoms with Gasteiger partial charge in [0.15, 0.2) is 17.6 Å². The van der Waals surface area contributed by atoms with E-state index in [0.29, 0.717) is 0 Å². The second-order valence-electron chi connectivity index (χ2n) is 9.52. The first kappa shape index (κ1) is 32.1. The third kappa shape index (κ3) is 8.63. The van der Waals surface area contributed by atoms with E-state index in [0.717, 1.165) is 0 Å². The molecule has 4 aromatic rings. The summed E-state index contributed by atoms with van der Waals surface area (Å²) in [6.07, 6.45) is -2.80. The minimum absolute atomic E-state index is 0.181. The van der Waals surface area contributed by atoms with Crippen molar-refractivity contribution in [3.05, 3.63) is 132 Å². The molecule has 1 N–H and O–H groups in total. The maximum atomic E-state index is 13.3. The molecule has 44 heavy (non-hydrogen) atoms. The molecule has 0 fully saturated rings. The topological polar surface area (TPSA) is 134 Å². The molecule has 0 aliphatic heterocycles. The van der Waals surface area contributed by atoms with Crippen molar-refractivity contribution in [3.8, 4) is 17.6 Å². The minimum Gasteiger partial charge on any atom is -0.459 e. The largest absolute Gasteiger partial charge is 0.668 e. The van der Waals surface area contributed by atoms with Gasteiger partial charge in [-0.3, -0.25) is 9.05 Å². The lowest BCUT2D eigenvalue weighted by Gasteiger charge is -2.34. The quantitative estimate of drug-likeness (QED) is 0.129. The van der Waals surface area contributed by atoms with E-state index in [1.54, 1.807) is 109 Å². The highest BCUT2D eigenvalue weighted by Gasteiger charge is 2.60. The molecule has 0 saturated heterocycles. The Morgan fingerprint density at radius 3 is 1.64 bits per heavy atom. The fourth-order valence-corrected chi connectivity index (χ4v) is 5.57. The molecule has 3 atom stereocenters. The Kier molecular flexibility index (Phi) is 11.0. The van der Waals surface area contributed by atoms with Gasteiger partial charge in [-0.05, 0) is 55.5 Å². The smallest absolute Gasteiger partial charge is 0.459 e. The van der Waals surface area contributed by atoms with Crippen LogP contribution < -0.4 is 9.05 Å². The van der Waals surface area contributed by atoms with Gasteiger partial charge in [-0.25, -0.2) is 9.59 Å². The second-order valence-corrected chi connectivity index (χ2v) is 11.0. The van der Waals surface area contributed by atoms with E-state index in [1.807, 2.05) is 6.07 Å². The van der Waals surface area contributed by atoms with E-state index < -0.39 is 44.5 Å². The SMILES string of the molecule is CO[C@H](COC(=O)c1ccccc1)[C@@H](OC(=O)c1ccccc1)[C@@](C)(C#N)O[P+](O)(Oc1ccccc1)Oc1ccccc1. The first-order chi connectivity index (χ1) is 21.2. The molecule has 0 spiro atoms. The normalized spacial score (nSPS) is 13.8. The highest BCUT2D eigenvalue weighted by molar-refractivity contribution is 7.56. The molecule has 4 aromatic carbocycles. The van der Waals surface area contributed by atoms with E-state index in [9.17, 15) is 19.7 Å². The monoisotopic (exact) mass is 616 g/mol. The van der Waals surface area contributed by atoms with Crippen molar-refractivity contribution in [2.75, 3.05) is 13.7 Å². The number of carbonyl (C=O) groups is 2. The summed E-state index contributed by atoms with van der Waals surface area (Å²) in [5, 5.41) is 10.5. The molecule has 0 unspecified atom stereocenters. The number of hydrogen-bond acceptors (Lipinski definition) is 10. The summed E-state index contributed by atoms with van der Waals surface area (Å²) in [4.78, 5) is 37.7. The van der Waals surface area contributed by atoms with Gasteiger partial charge in [-0.15, -0.1) is 4.52 Å². The van der Waals surface area contributed by atoms with Gasteiger partial charge in [-0.1, -0.05) is 72.8 Å². The molecule has 0 radical (unpaired) electrons. The number of rotatable bonds is 14. The molecule has 11 heteroatoms. The maximum Gasteiger partial charge on any atom is 0.668 e. The lowest BCUT2D eigenvalue weighted by Crippen LogP contribution is -2.53. The van der Waals surface area contributed by atoms with Crippen LogP contribution in [0.3, 0.4) is 0 Å². The van der Waals surface area contributed by atoms with Crippen molar-refractivity contribution in [1.82, 2.24) is 0 Å². The molecular formula is C33H31NO9P+. The van der Waals surface area contributed by atoms with Gasteiger partial charge >= 0.3 is 20.1 Å². The number of methoxy groups -OCH3 is 1. The van der Waals surface area contributed by atoms with Crippen molar-refractivity contribution >= 4 is 20.1 Å². The average molecular weight is 617 g/mol. The van der Waals surface area contributed by atoms with E-state index >= 15 is 0 Å². The Hall–Kier alpha value is -4.78. The van der Waals surface area contributed by atoms with Crippen molar-refractivity contribution in [2.24, 2.45) is 0 Å². The number of para-hydroxylation sites is 2. The summed E-state index contributed by atoms with van der Waals surface area (Å²) in [5.74, 6) is -1.09. The molecule has 226 valence electrons. The van der Waals surface area contributed by atoms with Crippen LogP contribution in [0.15, 0.2) is 121 Å². The van der Waals surface area contributed by atoms with Crippen LogP contribution >= 0.6 is 8.17 Å². The molecule has 0 amide bonds. The van der Waals surface area contributed by atoms with E-state index in [4.69, 9.17) is 27.8 Å². The summed E-state index contributed by atoms with van der Waals surface area (Å²) in [5.41, 5.74) is -1.71. The molecule has 0 saturated carbocycles. The summed E-state index contributed by atoms with van der Waals surface area (Å²) < 4.78 is 34.5.